The average molecular weight is 449 g/mol. The SMILES string of the molecule is CC(OCc1ccc(C(F)(F)F)cc1)/C(=N\C#N)NC1C2CC3CC1CC(C(=O)O)(C3)C2. The second kappa shape index (κ2) is 8.39. The van der Waals surface area contributed by atoms with Crippen molar-refractivity contribution in [3.8, 4) is 6.19 Å². The highest BCUT2D eigenvalue weighted by molar-refractivity contribution is 5.87. The van der Waals surface area contributed by atoms with Crippen LogP contribution in [0.3, 0.4) is 0 Å². The first-order valence-corrected chi connectivity index (χ1v) is 10.9. The van der Waals surface area contributed by atoms with E-state index in [0.717, 1.165) is 31.4 Å². The van der Waals surface area contributed by atoms with Crippen molar-refractivity contribution in [2.45, 2.75) is 64.0 Å². The standard InChI is InChI=1S/C23H26F3N3O3/c1-13(32-11-14-2-4-18(5-3-14)23(24,25)26)20(28-12-27)29-19-16-6-15-7-17(19)10-22(8-15,9-16)21(30)31/h2-5,13,15-17,19H,6-11H2,1H3,(H,28,29)(H,30,31). The number of nitrogens with zero attached hydrogens (tertiary/aromatic N) is 2. The number of hydrogen-bond donors (Lipinski definition) is 2. The largest absolute Gasteiger partial charge is 0.481 e. The van der Waals surface area contributed by atoms with Crippen LogP contribution in [0.25, 0.3) is 0 Å². The number of nitriles is 1. The molecule has 0 aromatic heterocycles. The number of carbonyl (C=O) groups is 1. The lowest BCUT2D eigenvalue weighted by Gasteiger charge is -2.58. The van der Waals surface area contributed by atoms with Gasteiger partial charge in [-0.15, -0.1) is 0 Å². The van der Waals surface area contributed by atoms with Crippen molar-refractivity contribution in [2.75, 3.05) is 0 Å². The molecule has 4 bridgehead atoms. The Morgan fingerprint density at radius 3 is 2.44 bits per heavy atom. The molecule has 1 aromatic rings. The summed E-state index contributed by atoms with van der Waals surface area (Å²) < 4.78 is 44.0. The third kappa shape index (κ3) is 4.33. The van der Waals surface area contributed by atoms with Crippen LogP contribution < -0.4 is 5.32 Å². The quantitative estimate of drug-likeness (QED) is 0.382. The number of aliphatic imine (C=N–C) groups is 1. The maximum Gasteiger partial charge on any atom is 0.416 e. The number of amidine groups is 1. The number of carboxylic acids is 1. The van der Waals surface area contributed by atoms with Gasteiger partial charge in [-0.25, -0.2) is 0 Å². The van der Waals surface area contributed by atoms with Crippen molar-refractivity contribution in [1.82, 2.24) is 5.32 Å². The van der Waals surface area contributed by atoms with Gasteiger partial charge in [0.15, 0.2) is 0 Å². The van der Waals surface area contributed by atoms with Crippen molar-refractivity contribution in [2.24, 2.45) is 28.2 Å². The van der Waals surface area contributed by atoms with Crippen molar-refractivity contribution in [3.05, 3.63) is 35.4 Å². The zero-order valence-electron chi connectivity index (χ0n) is 17.7. The van der Waals surface area contributed by atoms with Crippen LogP contribution in [0.5, 0.6) is 0 Å². The summed E-state index contributed by atoms with van der Waals surface area (Å²) in [6.07, 6.45) is 0.816. The van der Waals surface area contributed by atoms with Crippen molar-refractivity contribution in [3.63, 3.8) is 0 Å². The number of ether oxygens (including phenoxy) is 1. The predicted octanol–water partition coefficient (Wildman–Crippen LogP) is 4.36. The molecule has 0 saturated heterocycles. The number of carboxylic acid groups (broad SMARTS) is 1. The van der Waals surface area contributed by atoms with Gasteiger partial charge in [0.2, 0.25) is 6.19 Å². The first-order valence-electron chi connectivity index (χ1n) is 10.9. The lowest BCUT2D eigenvalue weighted by Crippen LogP contribution is -2.61. The Labute approximate surface area is 184 Å². The molecule has 172 valence electrons. The monoisotopic (exact) mass is 449 g/mol. The summed E-state index contributed by atoms with van der Waals surface area (Å²) in [6.45, 7) is 1.81. The van der Waals surface area contributed by atoms with Crippen LogP contribution in [0.1, 0.15) is 50.2 Å². The highest BCUT2D eigenvalue weighted by Crippen LogP contribution is 2.60. The minimum absolute atomic E-state index is 0.0447. The molecule has 0 aliphatic heterocycles. The molecular weight excluding hydrogens is 423 g/mol. The van der Waals surface area contributed by atoms with Crippen molar-refractivity contribution >= 4 is 11.8 Å². The predicted molar refractivity (Wildman–Crippen MR) is 109 cm³/mol. The van der Waals surface area contributed by atoms with Gasteiger partial charge in [-0.3, -0.25) is 4.79 Å². The molecule has 4 aliphatic carbocycles. The van der Waals surface area contributed by atoms with E-state index >= 15 is 0 Å². The van der Waals surface area contributed by atoms with Crippen LogP contribution in [-0.2, 0) is 22.3 Å². The van der Waals surface area contributed by atoms with E-state index in [0.29, 0.717) is 30.2 Å². The number of nitrogens with one attached hydrogen (secondary N) is 1. The van der Waals surface area contributed by atoms with Gasteiger partial charge in [0, 0.05) is 6.04 Å². The lowest BCUT2D eigenvalue weighted by molar-refractivity contribution is -0.166. The molecule has 4 fully saturated rings. The van der Waals surface area contributed by atoms with Gasteiger partial charge >= 0.3 is 12.1 Å². The molecule has 0 heterocycles. The molecule has 1 aromatic carbocycles. The highest BCUT2D eigenvalue weighted by Gasteiger charge is 2.58. The van der Waals surface area contributed by atoms with E-state index in [1.165, 1.54) is 12.1 Å². The summed E-state index contributed by atoms with van der Waals surface area (Å²) in [6, 6.07) is 4.81. The van der Waals surface area contributed by atoms with Crippen LogP contribution >= 0.6 is 0 Å². The molecule has 6 nitrogen and oxygen atoms in total. The Hall–Kier alpha value is -2.60. The van der Waals surface area contributed by atoms with Crippen LogP contribution in [0.15, 0.2) is 29.3 Å². The number of hydrogen-bond acceptors (Lipinski definition) is 4. The molecule has 3 unspecified atom stereocenters. The molecule has 0 radical (unpaired) electrons. The van der Waals surface area contributed by atoms with Gasteiger partial charge in [0.25, 0.3) is 0 Å². The number of alkyl halides is 3. The molecule has 32 heavy (non-hydrogen) atoms. The van der Waals surface area contributed by atoms with Gasteiger partial charge < -0.3 is 15.2 Å². The van der Waals surface area contributed by atoms with Crippen molar-refractivity contribution in [1.29, 1.82) is 5.26 Å². The normalized spacial score (nSPS) is 32.4. The van der Waals surface area contributed by atoms with E-state index in [-0.39, 0.29) is 24.5 Å². The average Bonchev–Trinajstić information content (AvgIpc) is 2.73. The van der Waals surface area contributed by atoms with E-state index in [4.69, 9.17) is 10.00 Å². The molecule has 0 amide bonds. The molecule has 5 rings (SSSR count). The Bertz CT molecular complexity index is 923. The number of halogens is 3. The van der Waals surface area contributed by atoms with Gasteiger partial charge in [0.1, 0.15) is 11.9 Å². The third-order valence-corrected chi connectivity index (χ3v) is 7.38. The summed E-state index contributed by atoms with van der Waals surface area (Å²) in [7, 11) is 0. The summed E-state index contributed by atoms with van der Waals surface area (Å²) in [5, 5.41) is 22.3. The smallest absolute Gasteiger partial charge is 0.416 e. The second-order valence-corrected chi connectivity index (χ2v) is 9.47. The van der Waals surface area contributed by atoms with Gasteiger partial charge in [-0.05, 0) is 74.5 Å². The Balaban J connectivity index is 1.40. The third-order valence-electron chi connectivity index (χ3n) is 7.38. The number of aliphatic carboxylic acids is 1. The minimum atomic E-state index is -4.39. The van der Waals surface area contributed by atoms with E-state index < -0.39 is 29.2 Å². The van der Waals surface area contributed by atoms with Crippen LogP contribution in [0, 0.1) is 34.6 Å². The van der Waals surface area contributed by atoms with Crippen molar-refractivity contribution < 1.29 is 27.8 Å². The topological polar surface area (TPSA) is 94.7 Å². The fourth-order valence-corrected chi connectivity index (χ4v) is 6.08. The molecule has 9 heteroatoms. The fourth-order valence-electron chi connectivity index (χ4n) is 6.08. The molecule has 4 aliphatic rings. The van der Waals surface area contributed by atoms with Gasteiger partial charge in [0.05, 0.1) is 17.6 Å². The van der Waals surface area contributed by atoms with E-state index in [2.05, 4.69) is 10.3 Å². The Kier molecular flexibility index (Phi) is 5.93. The summed E-state index contributed by atoms with van der Waals surface area (Å²) in [5.41, 5.74) is -0.755. The maximum atomic E-state index is 12.7. The number of benzene rings is 1. The zero-order chi connectivity index (χ0) is 23.1. The first-order chi connectivity index (χ1) is 15.1. The summed E-state index contributed by atoms with van der Waals surface area (Å²) >= 11 is 0. The highest BCUT2D eigenvalue weighted by atomic mass is 19.4. The van der Waals surface area contributed by atoms with E-state index in [9.17, 15) is 23.1 Å². The van der Waals surface area contributed by atoms with Crippen LogP contribution in [0.4, 0.5) is 13.2 Å². The fraction of sp³-hybridized carbons (Fsp3) is 0.609. The summed E-state index contributed by atoms with van der Waals surface area (Å²) in [4.78, 5) is 15.8. The molecule has 2 N–H and O–H groups in total. The number of rotatable bonds is 6. The lowest BCUT2D eigenvalue weighted by atomic mass is 9.48. The van der Waals surface area contributed by atoms with E-state index in [1.807, 2.05) is 0 Å². The molecule has 4 saturated carbocycles. The van der Waals surface area contributed by atoms with Crippen LogP contribution in [-0.4, -0.2) is 29.1 Å². The van der Waals surface area contributed by atoms with E-state index in [1.54, 1.807) is 13.1 Å². The minimum Gasteiger partial charge on any atom is -0.481 e. The molecular formula is C23H26F3N3O3. The maximum absolute atomic E-state index is 12.7. The van der Waals surface area contributed by atoms with Crippen LogP contribution in [0.2, 0.25) is 0 Å². The Morgan fingerprint density at radius 2 is 1.91 bits per heavy atom. The first kappa shape index (κ1) is 22.6. The molecule has 0 spiro atoms. The Morgan fingerprint density at radius 1 is 1.28 bits per heavy atom. The summed E-state index contributed by atoms with van der Waals surface area (Å²) in [5.74, 6) is 0.536. The van der Waals surface area contributed by atoms with Gasteiger partial charge in [-0.2, -0.15) is 23.4 Å². The van der Waals surface area contributed by atoms with Gasteiger partial charge in [-0.1, -0.05) is 12.1 Å². The molecule has 3 atom stereocenters. The second-order valence-electron chi connectivity index (χ2n) is 9.47. The zero-order valence-corrected chi connectivity index (χ0v) is 17.7.